The molecule has 0 saturated carbocycles. The molecule has 0 radical (unpaired) electrons. The molecule has 2 N–H and O–H groups in total. The van der Waals surface area contributed by atoms with Gasteiger partial charge >= 0.3 is 14.7 Å². The van der Waals surface area contributed by atoms with E-state index in [2.05, 4.69) is 0 Å². The molecular formula is C4H11AlClNO. The maximum Gasteiger partial charge on any atom is 0.574 e. The van der Waals surface area contributed by atoms with Gasteiger partial charge in [-0.3, -0.25) is 0 Å². The summed E-state index contributed by atoms with van der Waals surface area (Å²) in [6, 6.07) is 0. The average molecular weight is 152 g/mol. The van der Waals surface area contributed by atoms with Crippen LogP contribution in [0, 0.1) is 0 Å². The van der Waals surface area contributed by atoms with Gasteiger partial charge in [-0.2, -0.15) is 0 Å². The van der Waals surface area contributed by atoms with E-state index in [0.29, 0.717) is 0 Å². The summed E-state index contributed by atoms with van der Waals surface area (Å²) in [6.07, 6.45) is 2.52. The lowest BCUT2D eigenvalue weighted by Gasteiger charge is -2.12. The van der Waals surface area contributed by atoms with Gasteiger partial charge in [-0.25, -0.2) is 0 Å². The SMILES string of the molecule is Cl.[NH2][Al]1[CH2]CCC[O]1. The predicted molar refractivity (Wildman–Crippen MR) is 37.2 cm³/mol. The van der Waals surface area contributed by atoms with Crippen molar-refractivity contribution in [3.63, 3.8) is 0 Å². The molecule has 0 aromatic rings. The Labute approximate surface area is 60.7 Å². The molecule has 0 bridgehead atoms. The van der Waals surface area contributed by atoms with E-state index in [9.17, 15) is 0 Å². The van der Waals surface area contributed by atoms with E-state index in [1.165, 1.54) is 18.1 Å². The second kappa shape index (κ2) is 4.61. The standard InChI is InChI=1S/C4H8O.Al.ClH.H2N/c1-2-3-4-5;;;/h1-4H2;;1H;1H2/q-1;+2;;-1. The summed E-state index contributed by atoms with van der Waals surface area (Å²) in [4.78, 5) is 0. The first-order valence-electron chi connectivity index (χ1n) is 2.77. The van der Waals surface area contributed by atoms with Crippen LogP contribution in [0.4, 0.5) is 0 Å². The van der Waals surface area contributed by atoms with Crippen LogP contribution < -0.4 is 4.72 Å². The molecule has 0 spiro atoms. The van der Waals surface area contributed by atoms with Gasteiger partial charge in [0.15, 0.2) is 0 Å². The third kappa shape index (κ3) is 2.91. The van der Waals surface area contributed by atoms with Crippen molar-refractivity contribution in [2.45, 2.75) is 18.1 Å². The lowest BCUT2D eigenvalue weighted by molar-refractivity contribution is 0.287. The summed E-state index contributed by atoms with van der Waals surface area (Å²) < 4.78 is 10.7. The van der Waals surface area contributed by atoms with Crippen LogP contribution in [-0.2, 0) is 3.79 Å². The molecule has 1 rings (SSSR count). The summed E-state index contributed by atoms with van der Waals surface area (Å²) in [7, 11) is 0. The molecule has 2 nitrogen and oxygen atoms in total. The molecule has 0 aliphatic carbocycles. The molecule has 1 aliphatic rings. The van der Waals surface area contributed by atoms with E-state index in [1.807, 2.05) is 0 Å². The van der Waals surface area contributed by atoms with Crippen molar-refractivity contribution in [1.29, 1.82) is 0 Å². The molecule has 1 heterocycles. The summed E-state index contributed by atoms with van der Waals surface area (Å²) in [5, 5.41) is 1.18. The minimum absolute atomic E-state index is 0. The smallest absolute Gasteiger partial charge is 0.488 e. The largest absolute Gasteiger partial charge is 0.574 e. The van der Waals surface area contributed by atoms with Gasteiger partial charge < -0.3 is 8.51 Å². The van der Waals surface area contributed by atoms with Gasteiger partial charge in [-0.05, 0) is 6.42 Å². The summed E-state index contributed by atoms with van der Waals surface area (Å²) in [5.74, 6) is 0. The molecule has 0 aromatic heterocycles. The van der Waals surface area contributed by atoms with Crippen LogP contribution in [0.2, 0.25) is 5.28 Å². The highest BCUT2D eigenvalue weighted by Gasteiger charge is 2.18. The van der Waals surface area contributed by atoms with Gasteiger partial charge in [0.25, 0.3) is 0 Å². The molecule has 1 aliphatic heterocycles. The Morgan fingerprint density at radius 1 is 1.38 bits per heavy atom. The van der Waals surface area contributed by atoms with Gasteiger partial charge in [-0.1, -0.05) is 11.7 Å². The van der Waals surface area contributed by atoms with Crippen LogP contribution in [0.1, 0.15) is 12.8 Å². The van der Waals surface area contributed by atoms with Crippen LogP contribution >= 0.6 is 12.4 Å². The lowest BCUT2D eigenvalue weighted by Crippen LogP contribution is -2.32. The fraction of sp³-hybridized carbons (Fsp3) is 1.00. The average Bonchev–Trinajstić information content (AvgIpc) is 1.69. The fourth-order valence-corrected chi connectivity index (χ4v) is 2.09. The third-order valence-electron chi connectivity index (χ3n) is 1.21. The summed E-state index contributed by atoms with van der Waals surface area (Å²) >= 11 is -1.09. The Morgan fingerprint density at radius 3 is 2.38 bits per heavy atom. The maximum absolute atomic E-state index is 5.55. The molecule has 0 amide bonds. The predicted octanol–water partition coefficient (Wildman–Crippen LogP) is 0.665. The highest BCUT2D eigenvalue weighted by molar-refractivity contribution is 6.48. The fourth-order valence-electron chi connectivity index (χ4n) is 0.766. The van der Waals surface area contributed by atoms with Crippen molar-refractivity contribution in [3.05, 3.63) is 0 Å². The van der Waals surface area contributed by atoms with Crippen molar-refractivity contribution < 1.29 is 3.79 Å². The Hall–Kier alpha value is 0.742. The number of nitrogens with two attached hydrogens (primary N) is 1. The molecule has 48 valence electrons. The summed E-state index contributed by atoms with van der Waals surface area (Å²) in [6.45, 7) is 0.924. The minimum Gasteiger partial charge on any atom is -0.488 e. The number of hydrogen-bond donors (Lipinski definition) is 1. The van der Waals surface area contributed by atoms with E-state index < -0.39 is 14.7 Å². The highest BCUT2D eigenvalue weighted by Crippen LogP contribution is 2.05. The van der Waals surface area contributed by atoms with Gasteiger partial charge in [0.05, 0.1) is 0 Å². The highest BCUT2D eigenvalue weighted by atomic mass is 35.5. The number of halogens is 1. The van der Waals surface area contributed by atoms with Crippen molar-refractivity contribution in [1.82, 2.24) is 0 Å². The van der Waals surface area contributed by atoms with Crippen molar-refractivity contribution in [2.75, 3.05) is 6.61 Å². The third-order valence-corrected chi connectivity index (χ3v) is 2.86. The second-order valence-corrected chi connectivity index (χ2v) is 3.89. The van der Waals surface area contributed by atoms with Gasteiger partial charge in [0.2, 0.25) is 0 Å². The molecular weight excluding hydrogens is 140 g/mol. The number of rotatable bonds is 0. The molecule has 0 aromatic carbocycles. The zero-order valence-electron chi connectivity index (χ0n) is 4.80. The Balaban J connectivity index is 0.000000490. The zero-order chi connectivity index (χ0) is 5.11. The quantitative estimate of drug-likeness (QED) is 0.517. The number of hydrogen-bond acceptors (Lipinski definition) is 2. The molecule has 1 fully saturated rings. The monoisotopic (exact) mass is 151 g/mol. The van der Waals surface area contributed by atoms with Crippen LogP contribution in [0.25, 0.3) is 0 Å². The molecule has 0 atom stereocenters. The topological polar surface area (TPSA) is 35.2 Å². The Bertz CT molecular complexity index is 58.0. The Morgan fingerprint density at radius 2 is 2.12 bits per heavy atom. The van der Waals surface area contributed by atoms with E-state index in [1.54, 1.807) is 0 Å². The first-order valence-corrected chi connectivity index (χ1v) is 4.72. The van der Waals surface area contributed by atoms with Crippen LogP contribution in [0.15, 0.2) is 0 Å². The van der Waals surface area contributed by atoms with Gasteiger partial charge in [-0.15, -0.1) is 12.4 Å². The van der Waals surface area contributed by atoms with E-state index in [0.717, 1.165) is 6.61 Å². The van der Waals surface area contributed by atoms with E-state index >= 15 is 0 Å². The molecule has 8 heavy (non-hydrogen) atoms. The van der Waals surface area contributed by atoms with Crippen molar-refractivity contribution in [2.24, 2.45) is 4.72 Å². The van der Waals surface area contributed by atoms with Gasteiger partial charge in [0, 0.05) is 6.61 Å². The van der Waals surface area contributed by atoms with Crippen LogP contribution in [0.3, 0.4) is 0 Å². The van der Waals surface area contributed by atoms with Gasteiger partial charge in [0.1, 0.15) is 0 Å². The molecule has 1 saturated heterocycles. The Kier molecular flexibility index (Phi) is 5.03. The van der Waals surface area contributed by atoms with E-state index in [4.69, 9.17) is 8.51 Å². The second-order valence-electron chi connectivity index (χ2n) is 1.91. The minimum atomic E-state index is -1.09. The first kappa shape index (κ1) is 8.74. The maximum atomic E-state index is 5.55. The molecule has 4 heteroatoms. The summed E-state index contributed by atoms with van der Waals surface area (Å²) in [5.41, 5.74) is 0. The van der Waals surface area contributed by atoms with E-state index in [-0.39, 0.29) is 12.4 Å². The van der Waals surface area contributed by atoms with Crippen LogP contribution in [-0.4, -0.2) is 21.3 Å². The first-order chi connectivity index (χ1) is 3.39. The van der Waals surface area contributed by atoms with Crippen molar-refractivity contribution in [3.8, 4) is 0 Å². The van der Waals surface area contributed by atoms with Crippen LogP contribution in [0.5, 0.6) is 0 Å². The normalized spacial score (nSPS) is 19.9. The zero-order valence-corrected chi connectivity index (χ0v) is 6.77. The lowest BCUT2D eigenvalue weighted by atomic mass is 10.4. The molecule has 0 unspecified atom stereocenters. The van der Waals surface area contributed by atoms with Crippen molar-refractivity contribution >= 4 is 27.1 Å².